The van der Waals surface area contributed by atoms with Crippen molar-refractivity contribution in [2.24, 2.45) is 0 Å². The molecule has 100 valence electrons. The molecule has 2 atom stereocenters. The predicted molar refractivity (Wildman–Crippen MR) is 66.9 cm³/mol. The standard InChI is InChI=1S/C11H22N2O3S/c1-13(11-3-6-16-8-11)5-2-10-9-17(14,15)7-4-12-10/h10-12H,2-9H2,1H3. The zero-order valence-corrected chi connectivity index (χ0v) is 11.2. The average molecular weight is 262 g/mol. The minimum atomic E-state index is -2.80. The number of rotatable bonds is 4. The van der Waals surface area contributed by atoms with E-state index in [2.05, 4.69) is 17.3 Å². The first kappa shape index (κ1) is 13.3. The van der Waals surface area contributed by atoms with E-state index < -0.39 is 9.84 Å². The Morgan fingerprint density at radius 3 is 2.94 bits per heavy atom. The first-order chi connectivity index (χ1) is 8.07. The summed E-state index contributed by atoms with van der Waals surface area (Å²) in [4.78, 5) is 2.29. The molecule has 0 saturated carbocycles. The number of ether oxygens (including phenoxy) is 1. The van der Waals surface area contributed by atoms with Crippen molar-refractivity contribution in [3.63, 3.8) is 0 Å². The van der Waals surface area contributed by atoms with Crippen LogP contribution in [-0.2, 0) is 14.6 Å². The van der Waals surface area contributed by atoms with Crippen molar-refractivity contribution in [3.05, 3.63) is 0 Å². The second-order valence-corrected chi connectivity index (χ2v) is 7.28. The number of sulfone groups is 1. The molecule has 17 heavy (non-hydrogen) atoms. The fraction of sp³-hybridized carbons (Fsp3) is 1.00. The predicted octanol–water partition coefficient (Wildman–Crippen LogP) is -0.516. The molecule has 0 aromatic rings. The normalized spacial score (nSPS) is 33.1. The molecule has 5 nitrogen and oxygen atoms in total. The maximum Gasteiger partial charge on any atom is 0.153 e. The first-order valence-electron chi connectivity index (χ1n) is 6.28. The van der Waals surface area contributed by atoms with Crippen LogP contribution < -0.4 is 5.32 Å². The Labute approximate surface area is 103 Å². The van der Waals surface area contributed by atoms with Crippen molar-refractivity contribution in [2.75, 3.05) is 44.9 Å². The molecule has 2 aliphatic rings. The van der Waals surface area contributed by atoms with Crippen molar-refractivity contribution < 1.29 is 13.2 Å². The number of nitrogens with zero attached hydrogens (tertiary/aromatic N) is 1. The summed E-state index contributed by atoms with van der Waals surface area (Å²) in [6.07, 6.45) is 1.99. The summed E-state index contributed by atoms with van der Waals surface area (Å²) in [5, 5.41) is 3.28. The highest BCUT2D eigenvalue weighted by Gasteiger charge is 2.25. The number of likely N-dealkylation sites (N-methyl/N-ethyl adjacent to an activating group) is 1. The van der Waals surface area contributed by atoms with E-state index in [0.717, 1.165) is 32.6 Å². The Kier molecular flexibility index (Phi) is 4.41. The molecule has 0 radical (unpaired) electrons. The highest BCUT2D eigenvalue weighted by molar-refractivity contribution is 7.91. The molecule has 2 saturated heterocycles. The zero-order valence-electron chi connectivity index (χ0n) is 10.4. The summed E-state index contributed by atoms with van der Waals surface area (Å²) >= 11 is 0. The molecule has 0 aromatic carbocycles. The van der Waals surface area contributed by atoms with E-state index in [4.69, 9.17) is 4.74 Å². The maximum absolute atomic E-state index is 11.5. The summed E-state index contributed by atoms with van der Waals surface area (Å²) < 4.78 is 28.3. The topological polar surface area (TPSA) is 58.6 Å². The van der Waals surface area contributed by atoms with Gasteiger partial charge >= 0.3 is 0 Å². The van der Waals surface area contributed by atoms with Gasteiger partial charge in [-0.25, -0.2) is 8.42 Å². The number of hydrogen-bond acceptors (Lipinski definition) is 5. The quantitative estimate of drug-likeness (QED) is 0.739. The van der Waals surface area contributed by atoms with Crippen LogP contribution >= 0.6 is 0 Å². The lowest BCUT2D eigenvalue weighted by Gasteiger charge is -2.28. The molecule has 0 bridgehead atoms. The van der Waals surface area contributed by atoms with E-state index in [1.54, 1.807) is 0 Å². The van der Waals surface area contributed by atoms with Crippen molar-refractivity contribution in [2.45, 2.75) is 24.9 Å². The molecule has 2 unspecified atom stereocenters. The second kappa shape index (κ2) is 5.65. The van der Waals surface area contributed by atoms with Gasteiger partial charge in [-0.15, -0.1) is 0 Å². The lowest BCUT2D eigenvalue weighted by atomic mass is 10.2. The molecule has 0 amide bonds. The average Bonchev–Trinajstić information content (AvgIpc) is 2.78. The minimum absolute atomic E-state index is 0.124. The minimum Gasteiger partial charge on any atom is -0.380 e. The third-order valence-electron chi connectivity index (χ3n) is 3.66. The Bertz CT molecular complexity index is 339. The van der Waals surface area contributed by atoms with Gasteiger partial charge in [-0.2, -0.15) is 0 Å². The summed E-state index contributed by atoms with van der Waals surface area (Å²) in [7, 11) is -0.711. The van der Waals surface area contributed by atoms with Gasteiger partial charge < -0.3 is 15.0 Å². The Hall–Kier alpha value is -0.170. The fourth-order valence-corrected chi connectivity index (χ4v) is 3.96. The summed E-state index contributed by atoms with van der Waals surface area (Å²) in [6, 6.07) is 0.633. The molecule has 2 fully saturated rings. The summed E-state index contributed by atoms with van der Waals surface area (Å²) in [5.41, 5.74) is 0. The molecule has 1 N–H and O–H groups in total. The van der Waals surface area contributed by atoms with Crippen molar-refractivity contribution in [1.82, 2.24) is 10.2 Å². The van der Waals surface area contributed by atoms with Crippen LogP contribution in [0, 0.1) is 0 Å². The Balaban J connectivity index is 1.74. The highest BCUT2D eigenvalue weighted by Crippen LogP contribution is 2.12. The van der Waals surface area contributed by atoms with Crippen LogP contribution in [0.2, 0.25) is 0 Å². The molecule has 2 heterocycles. The van der Waals surface area contributed by atoms with E-state index in [0.29, 0.717) is 18.3 Å². The third kappa shape index (κ3) is 3.91. The van der Waals surface area contributed by atoms with Crippen molar-refractivity contribution >= 4 is 9.84 Å². The van der Waals surface area contributed by atoms with Gasteiger partial charge in [0.2, 0.25) is 0 Å². The molecule has 6 heteroatoms. The third-order valence-corrected chi connectivity index (χ3v) is 5.40. The highest BCUT2D eigenvalue weighted by atomic mass is 32.2. The van der Waals surface area contributed by atoms with Gasteiger partial charge in [-0.3, -0.25) is 0 Å². The largest absolute Gasteiger partial charge is 0.380 e. The van der Waals surface area contributed by atoms with E-state index in [9.17, 15) is 8.42 Å². The van der Waals surface area contributed by atoms with Gasteiger partial charge in [0.25, 0.3) is 0 Å². The Morgan fingerprint density at radius 1 is 1.47 bits per heavy atom. The van der Waals surface area contributed by atoms with Gasteiger partial charge in [0.1, 0.15) is 0 Å². The van der Waals surface area contributed by atoms with E-state index in [1.165, 1.54) is 0 Å². The molecule has 0 spiro atoms. The van der Waals surface area contributed by atoms with Crippen LogP contribution in [0.4, 0.5) is 0 Å². The van der Waals surface area contributed by atoms with Crippen LogP contribution in [0.3, 0.4) is 0 Å². The molecular formula is C11H22N2O3S. The van der Waals surface area contributed by atoms with Crippen LogP contribution in [0.25, 0.3) is 0 Å². The van der Waals surface area contributed by atoms with Gasteiger partial charge in [-0.1, -0.05) is 0 Å². The molecular weight excluding hydrogens is 240 g/mol. The van der Waals surface area contributed by atoms with E-state index in [-0.39, 0.29) is 11.8 Å². The fourth-order valence-electron chi connectivity index (χ4n) is 2.46. The lowest BCUT2D eigenvalue weighted by molar-refractivity contribution is 0.157. The summed E-state index contributed by atoms with van der Waals surface area (Å²) in [5.74, 6) is 0.581. The van der Waals surface area contributed by atoms with E-state index in [1.807, 2.05) is 0 Å². The molecule has 2 aliphatic heterocycles. The smallest absolute Gasteiger partial charge is 0.153 e. The van der Waals surface area contributed by atoms with Crippen LogP contribution in [0.5, 0.6) is 0 Å². The van der Waals surface area contributed by atoms with Crippen molar-refractivity contribution in [1.29, 1.82) is 0 Å². The van der Waals surface area contributed by atoms with Gasteiger partial charge in [0.15, 0.2) is 9.84 Å². The van der Waals surface area contributed by atoms with Gasteiger partial charge in [0.05, 0.1) is 18.1 Å². The van der Waals surface area contributed by atoms with Crippen LogP contribution in [0.15, 0.2) is 0 Å². The molecule has 0 aromatic heterocycles. The van der Waals surface area contributed by atoms with Gasteiger partial charge in [-0.05, 0) is 26.4 Å². The monoisotopic (exact) mass is 262 g/mol. The first-order valence-corrected chi connectivity index (χ1v) is 8.11. The number of nitrogens with one attached hydrogen (secondary N) is 1. The van der Waals surface area contributed by atoms with E-state index >= 15 is 0 Å². The van der Waals surface area contributed by atoms with Gasteiger partial charge in [0, 0.05) is 25.2 Å². The zero-order chi connectivity index (χ0) is 12.3. The summed E-state index contributed by atoms with van der Waals surface area (Å²) in [6.45, 7) is 3.20. The Morgan fingerprint density at radius 2 is 2.29 bits per heavy atom. The lowest BCUT2D eigenvalue weighted by Crippen LogP contribution is -2.47. The van der Waals surface area contributed by atoms with Crippen LogP contribution in [0.1, 0.15) is 12.8 Å². The second-order valence-electron chi connectivity index (χ2n) is 5.05. The van der Waals surface area contributed by atoms with Crippen LogP contribution in [-0.4, -0.2) is 70.3 Å². The maximum atomic E-state index is 11.5. The molecule has 0 aliphatic carbocycles. The number of hydrogen-bond donors (Lipinski definition) is 1. The van der Waals surface area contributed by atoms with Crippen molar-refractivity contribution in [3.8, 4) is 0 Å². The molecule has 2 rings (SSSR count). The SMILES string of the molecule is CN(CCC1CS(=O)(=O)CCN1)C1CCOC1.